The maximum Gasteiger partial charge on any atom is 0.500 e. The van der Waals surface area contributed by atoms with E-state index in [1.165, 1.54) is 0 Å². The van der Waals surface area contributed by atoms with Crippen molar-refractivity contribution in [3.63, 3.8) is 0 Å². The summed E-state index contributed by atoms with van der Waals surface area (Å²) in [6.07, 6.45) is 1.97. The molecule has 0 bridgehead atoms. The van der Waals surface area contributed by atoms with Crippen LogP contribution in [0.4, 0.5) is 0 Å². The van der Waals surface area contributed by atoms with Crippen LogP contribution in [-0.4, -0.2) is 43.8 Å². The average molecular weight is 311 g/mol. The first-order valence-corrected chi connectivity index (χ1v) is 8.00. The molecule has 0 spiro atoms. The molecule has 0 saturated carbocycles. The van der Waals surface area contributed by atoms with Crippen LogP contribution in [0, 0.1) is 0 Å². The molecule has 5 nitrogen and oxygen atoms in total. The normalized spacial score (nSPS) is 19.7. The van der Waals surface area contributed by atoms with E-state index in [2.05, 4.69) is 4.98 Å². The van der Waals surface area contributed by atoms with Crippen molar-refractivity contribution >= 4 is 24.3 Å². The van der Waals surface area contributed by atoms with Gasteiger partial charge in [0.2, 0.25) is 11.8 Å². The number of aromatic nitrogens is 1. The van der Waals surface area contributed by atoms with Gasteiger partial charge in [0.25, 0.3) is 0 Å². The smallest absolute Gasteiger partial charge is 0.481 e. The predicted molar refractivity (Wildman–Crippen MR) is 84.8 cm³/mol. The lowest BCUT2D eigenvalue weighted by Crippen LogP contribution is -2.41. The molecule has 21 heavy (non-hydrogen) atoms. The second-order valence-corrected chi connectivity index (χ2v) is 6.73. The van der Waals surface area contributed by atoms with Crippen LogP contribution in [-0.2, 0) is 9.31 Å². The van der Waals surface area contributed by atoms with E-state index in [0.717, 1.165) is 10.4 Å². The van der Waals surface area contributed by atoms with Gasteiger partial charge in [-0.2, -0.15) is 4.98 Å². The number of hydrogen-bond donors (Lipinski definition) is 0. The van der Waals surface area contributed by atoms with Crippen LogP contribution in [0.1, 0.15) is 27.7 Å². The summed E-state index contributed by atoms with van der Waals surface area (Å²) in [6.45, 7) is 8.08. The Bertz CT molecular complexity index is 520. The molecule has 0 N–H and O–H groups in total. The first-order valence-electron chi connectivity index (χ1n) is 6.78. The van der Waals surface area contributed by atoms with Crippen LogP contribution < -0.4 is 14.9 Å². The van der Waals surface area contributed by atoms with Gasteiger partial charge in [0.15, 0.2) is 0 Å². The van der Waals surface area contributed by atoms with Crippen molar-refractivity contribution in [2.45, 2.75) is 43.8 Å². The molecule has 0 unspecified atom stereocenters. The Morgan fingerprint density at radius 3 is 2.00 bits per heavy atom. The number of ether oxygens (including phenoxy) is 2. The summed E-state index contributed by atoms with van der Waals surface area (Å²) in [6, 6.07) is 1.96. The molecule has 0 atom stereocenters. The Morgan fingerprint density at radius 1 is 1.05 bits per heavy atom. The second kappa shape index (κ2) is 5.70. The summed E-state index contributed by atoms with van der Waals surface area (Å²) in [5, 5.41) is 0. The Labute approximate surface area is 130 Å². The van der Waals surface area contributed by atoms with Gasteiger partial charge in [-0.05, 0) is 40.0 Å². The van der Waals surface area contributed by atoms with E-state index in [1.54, 1.807) is 26.0 Å². The highest BCUT2D eigenvalue weighted by Gasteiger charge is 2.52. The zero-order valence-corrected chi connectivity index (χ0v) is 14.5. The monoisotopic (exact) mass is 311 g/mol. The van der Waals surface area contributed by atoms with Crippen molar-refractivity contribution in [1.82, 2.24) is 4.98 Å². The number of nitrogens with zero attached hydrogens (tertiary/aromatic N) is 1. The van der Waals surface area contributed by atoms with E-state index in [-0.39, 0.29) is 0 Å². The molecule has 0 radical (unpaired) electrons. The molecule has 2 heterocycles. The highest BCUT2D eigenvalue weighted by molar-refractivity contribution is 7.98. The molecule has 7 heteroatoms. The van der Waals surface area contributed by atoms with Gasteiger partial charge in [-0.1, -0.05) is 0 Å². The predicted octanol–water partition coefficient (Wildman–Crippen LogP) is 2.12. The summed E-state index contributed by atoms with van der Waals surface area (Å²) in [4.78, 5) is 5.31. The summed E-state index contributed by atoms with van der Waals surface area (Å²) in [5.41, 5.74) is -0.0224. The summed E-state index contributed by atoms with van der Waals surface area (Å²) in [5.74, 6) is 1.00. The van der Waals surface area contributed by atoms with E-state index in [9.17, 15) is 0 Å². The maximum atomic E-state index is 6.07. The summed E-state index contributed by atoms with van der Waals surface area (Å²) >= 11 is 1.56. The van der Waals surface area contributed by atoms with Crippen LogP contribution in [0.25, 0.3) is 0 Å². The summed E-state index contributed by atoms with van der Waals surface area (Å²) < 4.78 is 22.8. The fourth-order valence-electron chi connectivity index (χ4n) is 2.07. The molecule has 116 valence electrons. The van der Waals surface area contributed by atoms with Crippen molar-refractivity contribution in [1.29, 1.82) is 0 Å². The average Bonchev–Trinajstić information content (AvgIpc) is 2.65. The van der Waals surface area contributed by atoms with Gasteiger partial charge in [0.1, 0.15) is 0 Å². The van der Waals surface area contributed by atoms with E-state index < -0.39 is 18.3 Å². The minimum atomic E-state index is -0.505. The van der Waals surface area contributed by atoms with Gasteiger partial charge in [-0.15, -0.1) is 11.8 Å². The lowest BCUT2D eigenvalue weighted by atomic mass is 9.79. The molecule has 1 aromatic heterocycles. The maximum absolute atomic E-state index is 6.07. The molecule has 1 aliphatic rings. The topological polar surface area (TPSA) is 49.8 Å². The minimum Gasteiger partial charge on any atom is -0.481 e. The van der Waals surface area contributed by atoms with Gasteiger partial charge < -0.3 is 18.8 Å². The van der Waals surface area contributed by atoms with Crippen LogP contribution in [0.2, 0.25) is 0 Å². The van der Waals surface area contributed by atoms with Gasteiger partial charge in [0, 0.05) is 5.46 Å². The Balaban J connectivity index is 2.45. The van der Waals surface area contributed by atoms with Crippen LogP contribution in [0.5, 0.6) is 11.8 Å². The van der Waals surface area contributed by atoms with Crippen molar-refractivity contribution in [2.75, 3.05) is 20.5 Å². The molecular weight excluding hydrogens is 289 g/mol. The van der Waals surface area contributed by atoms with Crippen molar-refractivity contribution in [3.8, 4) is 11.8 Å². The van der Waals surface area contributed by atoms with E-state index in [1.807, 2.05) is 40.0 Å². The lowest BCUT2D eigenvalue weighted by molar-refractivity contribution is 0.00578. The summed E-state index contributed by atoms with van der Waals surface area (Å²) in [7, 11) is 2.67. The quantitative estimate of drug-likeness (QED) is 0.627. The van der Waals surface area contributed by atoms with Gasteiger partial charge in [-0.25, -0.2) is 0 Å². The first-order chi connectivity index (χ1) is 9.75. The van der Waals surface area contributed by atoms with E-state index >= 15 is 0 Å². The number of thioether (sulfide) groups is 1. The third-order valence-electron chi connectivity index (χ3n) is 4.06. The highest BCUT2D eigenvalue weighted by Crippen LogP contribution is 2.38. The van der Waals surface area contributed by atoms with Crippen LogP contribution >= 0.6 is 11.8 Å². The Kier molecular flexibility index (Phi) is 4.47. The first kappa shape index (κ1) is 16.5. The highest BCUT2D eigenvalue weighted by atomic mass is 32.2. The molecule has 1 aliphatic heterocycles. The zero-order chi connectivity index (χ0) is 15.8. The molecular formula is C14H22BNO4S. The second-order valence-electron chi connectivity index (χ2n) is 5.89. The lowest BCUT2D eigenvalue weighted by Gasteiger charge is -2.32. The SMILES string of the molecule is COc1nc(OC)c(B2OC(C)(C)C(C)(C)O2)cc1SC. The largest absolute Gasteiger partial charge is 0.500 e. The van der Waals surface area contributed by atoms with Crippen molar-refractivity contribution < 1.29 is 18.8 Å². The van der Waals surface area contributed by atoms with Crippen molar-refractivity contribution in [2.24, 2.45) is 0 Å². The Morgan fingerprint density at radius 2 is 1.57 bits per heavy atom. The number of rotatable bonds is 4. The van der Waals surface area contributed by atoms with Gasteiger partial charge >= 0.3 is 7.12 Å². The molecule has 0 aromatic carbocycles. The van der Waals surface area contributed by atoms with Gasteiger partial charge in [0.05, 0.1) is 30.3 Å². The number of hydrogen-bond acceptors (Lipinski definition) is 6. The molecule has 1 saturated heterocycles. The Hall–Kier alpha value is -0.915. The zero-order valence-electron chi connectivity index (χ0n) is 13.6. The molecule has 0 aliphatic carbocycles. The fraction of sp³-hybridized carbons (Fsp3) is 0.643. The third-order valence-corrected chi connectivity index (χ3v) is 4.79. The fourth-order valence-corrected chi connectivity index (χ4v) is 2.62. The van der Waals surface area contributed by atoms with Crippen LogP contribution in [0.15, 0.2) is 11.0 Å². The molecule has 1 aromatic rings. The van der Waals surface area contributed by atoms with E-state index in [0.29, 0.717) is 11.8 Å². The van der Waals surface area contributed by atoms with Crippen molar-refractivity contribution in [3.05, 3.63) is 6.07 Å². The standard InChI is InChI=1S/C14H22BNO4S/c1-13(2)14(3,4)20-15(19-13)9-8-10(21-7)12(18-6)16-11(9)17-5/h8H,1-7H3. The van der Waals surface area contributed by atoms with Gasteiger partial charge in [-0.3, -0.25) is 0 Å². The number of methoxy groups -OCH3 is 2. The third kappa shape index (κ3) is 2.87. The number of pyridine rings is 1. The minimum absolute atomic E-state index is 0.401. The molecule has 2 rings (SSSR count). The van der Waals surface area contributed by atoms with E-state index in [4.69, 9.17) is 18.8 Å². The molecule has 1 fully saturated rings. The van der Waals surface area contributed by atoms with Crippen LogP contribution in [0.3, 0.4) is 0 Å². The molecule has 0 amide bonds.